The van der Waals surface area contributed by atoms with E-state index in [0.29, 0.717) is 28.2 Å². The third-order valence-electron chi connectivity index (χ3n) is 5.54. The Balaban J connectivity index is 1.69. The van der Waals surface area contributed by atoms with Crippen LogP contribution in [0.2, 0.25) is 0 Å². The molecule has 0 saturated carbocycles. The number of carbonyl (C=O) groups excluding carboxylic acids is 1. The van der Waals surface area contributed by atoms with Gasteiger partial charge in [0.25, 0.3) is 5.91 Å². The van der Waals surface area contributed by atoms with Crippen LogP contribution in [-0.4, -0.2) is 39.3 Å². The van der Waals surface area contributed by atoms with Crippen LogP contribution in [0.25, 0.3) is 16.8 Å². The Morgan fingerprint density at radius 2 is 1.94 bits per heavy atom. The molecule has 1 atom stereocenters. The smallest absolute Gasteiger partial charge is 0.387 e. The molecule has 0 aliphatic rings. The van der Waals surface area contributed by atoms with E-state index in [1.165, 1.54) is 13.1 Å². The second-order valence-corrected chi connectivity index (χ2v) is 8.06. The predicted octanol–water partition coefficient (Wildman–Crippen LogP) is 4.33. The van der Waals surface area contributed by atoms with Crippen molar-refractivity contribution < 1.29 is 23.4 Å². The number of amides is 1. The van der Waals surface area contributed by atoms with Gasteiger partial charge in [-0.3, -0.25) is 4.79 Å². The summed E-state index contributed by atoms with van der Waals surface area (Å²) in [6, 6.07) is 12.0. The molecule has 1 amide bonds. The zero-order chi connectivity index (χ0) is 25.1. The molecular weight excluding hydrogens is 456 g/mol. The minimum absolute atomic E-state index is 0.0682. The third-order valence-corrected chi connectivity index (χ3v) is 5.54. The zero-order valence-corrected chi connectivity index (χ0v) is 19.4. The van der Waals surface area contributed by atoms with Gasteiger partial charge in [0.2, 0.25) is 0 Å². The predicted molar refractivity (Wildman–Crippen MR) is 128 cm³/mol. The van der Waals surface area contributed by atoms with E-state index in [-0.39, 0.29) is 18.2 Å². The third kappa shape index (κ3) is 5.22. The van der Waals surface area contributed by atoms with Crippen LogP contribution in [0.15, 0.2) is 54.9 Å². The molecule has 8 nitrogen and oxygen atoms in total. The molecule has 0 radical (unpaired) electrons. The number of aliphatic hydroxyl groups is 1. The molecule has 10 heteroatoms. The van der Waals surface area contributed by atoms with Gasteiger partial charge in [0, 0.05) is 30.4 Å². The van der Waals surface area contributed by atoms with Gasteiger partial charge in [-0.25, -0.2) is 9.50 Å². The second kappa shape index (κ2) is 10.1. The van der Waals surface area contributed by atoms with Crippen molar-refractivity contribution in [3.8, 4) is 16.9 Å². The largest absolute Gasteiger partial charge is 0.434 e. The number of fused-ring (bicyclic) bond motifs is 1. The summed E-state index contributed by atoms with van der Waals surface area (Å²) < 4.78 is 31.9. The topological polar surface area (TPSA) is 101 Å². The van der Waals surface area contributed by atoms with Crippen LogP contribution in [0, 0.1) is 6.92 Å². The van der Waals surface area contributed by atoms with E-state index >= 15 is 0 Å². The molecule has 0 bridgehead atoms. The minimum atomic E-state index is -2.94. The summed E-state index contributed by atoms with van der Waals surface area (Å²) in [5.74, 6) is -0.227. The van der Waals surface area contributed by atoms with Gasteiger partial charge in [-0.2, -0.15) is 13.9 Å². The second-order valence-electron chi connectivity index (χ2n) is 8.06. The first-order valence-electron chi connectivity index (χ1n) is 10.9. The Morgan fingerprint density at radius 3 is 2.66 bits per heavy atom. The van der Waals surface area contributed by atoms with Crippen LogP contribution < -0.4 is 15.4 Å². The van der Waals surface area contributed by atoms with Crippen molar-refractivity contribution in [3.05, 3.63) is 77.2 Å². The van der Waals surface area contributed by atoms with Crippen LogP contribution in [0.1, 0.15) is 40.2 Å². The molecular formula is C25H25F2N5O3. The lowest BCUT2D eigenvalue weighted by Gasteiger charge is -2.16. The quantitative estimate of drug-likeness (QED) is 0.346. The number of aromatic nitrogens is 3. The van der Waals surface area contributed by atoms with Crippen LogP contribution in [0.3, 0.4) is 0 Å². The molecule has 0 fully saturated rings. The van der Waals surface area contributed by atoms with Gasteiger partial charge >= 0.3 is 6.61 Å². The molecule has 0 saturated heterocycles. The lowest BCUT2D eigenvalue weighted by Crippen LogP contribution is -2.20. The van der Waals surface area contributed by atoms with Crippen LogP contribution >= 0.6 is 0 Å². The summed E-state index contributed by atoms with van der Waals surface area (Å²) in [5, 5.41) is 20.1. The van der Waals surface area contributed by atoms with Gasteiger partial charge < -0.3 is 20.5 Å². The fourth-order valence-corrected chi connectivity index (χ4v) is 3.79. The SMILES string of the molecule is CNC(=O)c1ccc(-c2cnn3c(C(C)O)cnc3c2)cc1NCc1cc(C)ccc1OC(F)F. The molecule has 35 heavy (non-hydrogen) atoms. The molecule has 2 aromatic heterocycles. The number of halogens is 2. The van der Waals surface area contributed by atoms with E-state index < -0.39 is 12.7 Å². The number of hydrogen-bond donors (Lipinski definition) is 3. The number of hydrogen-bond acceptors (Lipinski definition) is 6. The number of nitrogens with zero attached hydrogens (tertiary/aromatic N) is 3. The van der Waals surface area contributed by atoms with E-state index in [1.54, 1.807) is 54.2 Å². The first-order chi connectivity index (χ1) is 16.8. The fourth-order valence-electron chi connectivity index (χ4n) is 3.79. The Bertz CT molecular complexity index is 1370. The monoisotopic (exact) mass is 481 g/mol. The highest BCUT2D eigenvalue weighted by atomic mass is 19.3. The molecule has 2 heterocycles. The van der Waals surface area contributed by atoms with E-state index in [9.17, 15) is 18.7 Å². The number of anilines is 1. The number of imidazole rings is 1. The summed E-state index contributed by atoms with van der Waals surface area (Å²) >= 11 is 0. The van der Waals surface area contributed by atoms with E-state index in [1.807, 2.05) is 13.0 Å². The van der Waals surface area contributed by atoms with Gasteiger partial charge in [-0.15, -0.1) is 0 Å². The highest BCUT2D eigenvalue weighted by Gasteiger charge is 2.16. The lowest BCUT2D eigenvalue weighted by atomic mass is 10.0. The van der Waals surface area contributed by atoms with Crippen molar-refractivity contribution in [1.29, 1.82) is 0 Å². The first-order valence-corrected chi connectivity index (χ1v) is 10.9. The average Bonchev–Trinajstić information content (AvgIpc) is 3.27. The molecule has 0 aliphatic heterocycles. The number of ether oxygens (including phenoxy) is 1. The number of rotatable bonds is 8. The number of aliphatic hydroxyl groups excluding tert-OH is 1. The Labute approximate surface area is 200 Å². The maximum atomic E-state index is 12.9. The summed E-state index contributed by atoms with van der Waals surface area (Å²) in [6.07, 6.45) is 2.50. The van der Waals surface area contributed by atoms with Crippen molar-refractivity contribution in [2.75, 3.05) is 12.4 Å². The van der Waals surface area contributed by atoms with Crippen LogP contribution in [-0.2, 0) is 6.54 Å². The fraction of sp³-hybridized carbons (Fsp3) is 0.240. The highest BCUT2D eigenvalue weighted by Crippen LogP contribution is 2.29. The molecule has 2 aromatic carbocycles. The van der Waals surface area contributed by atoms with Gasteiger partial charge in [-0.05, 0) is 43.7 Å². The number of alkyl halides is 2. The summed E-state index contributed by atoms with van der Waals surface area (Å²) in [6.45, 7) is 0.710. The van der Waals surface area contributed by atoms with Gasteiger partial charge in [-0.1, -0.05) is 23.8 Å². The molecule has 0 spiro atoms. The molecule has 1 unspecified atom stereocenters. The van der Waals surface area contributed by atoms with E-state index in [2.05, 4.69) is 25.5 Å². The Morgan fingerprint density at radius 1 is 1.14 bits per heavy atom. The normalized spacial score (nSPS) is 12.1. The van der Waals surface area contributed by atoms with E-state index in [0.717, 1.165) is 16.7 Å². The number of carbonyl (C=O) groups is 1. The molecule has 3 N–H and O–H groups in total. The summed E-state index contributed by atoms with van der Waals surface area (Å²) in [4.78, 5) is 16.8. The van der Waals surface area contributed by atoms with Crippen molar-refractivity contribution >= 4 is 17.2 Å². The first kappa shape index (κ1) is 24.1. The maximum Gasteiger partial charge on any atom is 0.387 e. The minimum Gasteiger partial charge on any atom is -0.434 e. The maximum absolute atomic E-state index is 12.9. The van der Waals surface area contributed by atoms with Gasteiger partial charge in [0.05, 0.1) is 29.8 Å². The Hall–Kier alpha value is -4.05. The number of nitrogens with one attached hydrogen (secondary N) is 2. The highest BCUT2D eigenvalue weighted by molar-refractivity contribution is 6.00. The zero-order valence-electron chi connectivity index (χ0n) is 19.4. The van der Waals surface area contributed by atoms with Crippen molar-refractivity contribution in [3.63, 3.8) is 0 Å². The average molecular weight is 482 g/mol. The van der Waals surface area contributed by atoms with Gasteiger partial charge in [0.1, 0.15) is 5.75 Å². The number of benzene rings is 2. The number of aryl methyl sites for hydroxylation is 1. The molecule has 4 rings (SSSR count). The molecule has 4 aromatic rings. The molecule has 0 aliphatic carbocycles. The van der Waals surface area contributed by atoms with Gasteiger partial charge in [0.15, 0.2) is 5.65 Å². The summed E-state index contributed by atoms with van der Waals surface area (Å²) in [5.41, 5.74) is 4.99. The summed E-state index contributed by atoms with van der Waals surface area (Å²) in [7, 11) is 1.53. The van der Waals surface area contributed by atoms with Crippen LogP contribution in [0.4, 0.5) is 14.5 Å². The van der Waals surface area contributed by atoms with Crippen molar-refractivity contribution in [2.24, 2.45) is 0 Å². The molecule has 182 valence electrons. The van der Waals surface area contributed by atoms with E-state index in [4.69, 9.17) is 0 Å². The standard InChI is InChI=1S/C25H25F2N5O3/c1-14-4-7-22(35-25(26)27)18(8-14)11-29-20-9-16(5-6-19(20)24(34)28-3)17-10-23-30-13-21(15(2)33)32(23)31-12-17/h4-10,12-13,15,25,29,33H,11H2,1-3H3,(H,28,34). The van der Waals surface area contributed by atoms with Crippen molar-refractivity contribution in [1.82, 2.24) is 19.9 Å². The van der Waals surface area contributed by atoms with Crippen molar-refractivity contribution in [2.45, 2.75) is 33.1 Å². The Kier molecular flexibility index (Phi) is 6.92. The lowest BCUT2D eigenvalue weighted by molar-refractivity contribution is -0.0504. The van der Waals surface area contributed by atoms with Crippen LogP contribution in [0.5, 0.6) is 5.75 Å².